The van der Waals surface area contributed by atoms with Crippen LogP contribution in [0.3, 0.4) is 0 Å². The number of fused-ring (bicyclic) bond motifs is 2. The Balaban J connectivity index is 1.65. The van der Waals surface area contributed by atoms with Crippen molar-refractivity contribution < 1.29 is 0 Å². The van der Waals surface area contributed by atoms with Crippen LogP contribution in [0.25, 0.3) is 10.2 Å². The zero-order chi connectivity index (χ0) is 16.8. The first-order valence-corrected chi connectivity index (χ1v) is 9.20. The molecule has 0 bridgehead atoms. The summed E-state index contributed by atoms with van der Waals surface area (Å²) < 4.78 is 0. The molecule has 0 spiro atoms. The molecule has 0 aliphatic heterocycles. The van der Waals surface area contributed by atoms with Gasteiger partial charge in [-0.1, -0.05) is 24.3 Å². The third-order valence-corrected chi connectivity index (χ3v) is 6.15. The number of nitrogens with zero attached hydrogens (tertiary/aromatic N) is 1. The van der Waals surface area contributed by atoms with E-state index >= 15 is 0 Å². The highest BCUT2D eigenvalue weighted by molar-refractivity contribution is 7.18. The number of benzene rings is 1. The van der Waals surface area contributed by atoms with Crippen LogP contribution in [0.1, 0.15) is 52.8 Å². The predicted molar refractivity (Wildman–Crippen MR) is 98.8 cm³/mol. The lowest BCUT2D eigenvalue weighted by molar-refractivity contribution is 0.450. The van der Waals surface area contributed by atoms with E-state index < -0.39 is 0 Å². The van der Waals surface area contributed by atoms with E-state index in [1.165, 1.54) is 11.1 Å². The zero-order valence-electron chi connectivity index (χ0n) is 14.1. The smallest absolute Gasteiger partial charge is 0.259 e. The van der Waals surface area contributed by atoms with Gasteiger partial charge in [0, 0.05) is 10.9 Å². The number of hydrogen-bond acceptors (Lipinski definition) is 4. The molecule has 24 heavy (non-hydrogen) atoms. The van der Waals surface area contributed by atoms with Gasteiger partial charge in [-0.25, -0.2) is 4.98 Å². The summed E-state index contributed by atoms with van der Waals surface area (Å²) >= 11 is 1.60. The summed E-state index contributed by atoms with van der Waals surface area (Å²) in [6, 6.07) is 8.90. The molecule has 0 radical (unpaired) electrons. The van der Waals surface area contributed by atoms with Gasteiger partial charge in [0.25, 0.3) is 5.56 Å². The molecular formula is C19H21N3OS. The molecule has 3 aromatic rings. The lowest BCUT2D eigenvalue weighted by Gasteiger charge is -2.19. The minimum atomic E-state index is -0.0303. The van der Waals surface area contributed by atoms with Gasteiger partial charge < -0.3 is 10.3 Å². The van der Waals surface area contributed by atoms with Crippen molar-refractivity contribution in [1.82, 2.24) is 15.3 Å². The Morgan fingerprint density at radius 1 is 1.33 bits per heavy atom. The Labute approximate surface area is 145 Å². The maximum Gasteiger partial charge on any atom is 0.259 e. The molecule has 4 nitrogen and oxygen atoms in total. The van der Waals surface area contributed by atoms with Crippen LogP contribution in [0.2, 0.25) is 0 Å². The lowest BCUT2D eigenvalue weighted by Crippen LogP contribution is -2.26. The first-order chi connectivity index (χ1) is 11.5. The molecule has 5 heteroatoms. The van der Waals surface area contributed by atoms with Gasteiger partial charge in [-0.3, -0.25) is 4.79 Å². The van der Waals surface area contributed by atoms with E-state index in [1.807, 2.05) is 13.8 Å². The Morgan fingerprint density at radius 3 is 2.96 bits per heavy atom. The summed E-state index contributed by atoms with van der Waals surface area (Å²) in [6.07, 6.45) is 2.19. The van der Waals surface area contributed by atoms with Crippen molar-refractivity contribution in [3.63, 3.8) is 0 Å². The van der Waals surface area contributed by atoms with Crippen LogP contribution in [-0.4, -0.2) is 9.97 Å². The summed E-state index contributed by atoms with van der Waals surface area (Å²) in [7, 11) is 0. The van der Waals surface area contributed by atoms with Crippen molar-refractivity contribution in [2.24, 2.45) is 0 Å². The standard InChI is InChI=1S/C19H21N3OS/c1-10-12(3)24-19-16(10)18(23)21-17(22-19)11(2)20-15-9-8-13-6-4-5-7-14(13)15/h4-7,11,15,20H,8-9H2,1-3H3,(H,21,22,23)/t11-,15+/m1/s1. The Bertz CT molecular complexity index is 972. The summed E-state index contributed by atoms with van der Waals surface area (Å²) in [6.45, 7) is 6.10. The Kier molecular flexibility index (Phi) is 3.77. The predicted octanol–water partition coefficient (Wildman–Crippen LogP) is 3.94. The van der Waals surface area contributed by atoms with Gasteiger partial charge >= 0.3 is 0 Å². The minimum absolute atomic E-state index is 0.000897. The number of H-pyrrole nitrogens is 1. The highest BCUT2D eigenvalue weighted by Gasteiger charge is 2.24. The van der Waals surface area contributed by atoms with Crippen LogP contribution in [-0.2, 0) is 6.42 Å². The van der Waals surface area contributed by atoms with E-state index in [2.05, 4.69) is 41.5 Å². The zero-order valence-corrected chi connectivity index (χ0v) is 15.0. The van der Waals surface area contributed by atoms with Gasteiger partial charge in [-0.2, -0.15) is 0 Å². The number of rotatable bonds is 3. The first kappa shape index (κ1) is 15.5. The molecule has 0 unspecified atom stereocenters. The van der Waals surface area contributed by atoms with Gasteiger partial charge in [0.1, 0.15) is 10.7 Å². The maximum atomic E-state index is 12.5. The molecule has 0 fully saturated rings. The fraction of sp³-hybridized carbons (Fsp3) is 0.368. The van der Waals surface area contributed by atoms with Crippen molar-refractivity contribution in [3.05, 3.63) is 62.0 Å². The molecule has 4 rings (SSSR count). The second-order valence-electron chi connectivity index (χ2n) is 6.59. The van der Waals surface area contributed by atoms with E-state index in [0.29, 0.717) is 6.04 Å². The van der Waals surface area contributed by atoms with Gasteiger partial charge in [0.2, 0.25) is 0 Å². The van der Waals surface area contributed by atoms with Crippen molar-refractivity contribution in [2.45, 2.75) is 45.7 Å². The Hall–Kier alpha value is -1.98. The highest BCUT2D eigenvalue weighted by Crippen LogP contribution is 2.33. The molecule has 0 amide bonds. The molecule has 2 atom stereocenters. The second kappa shape index (κ2) is 5.83. The van der Waals surface area contributed by atoms with Gasteiger partial charge in [-0.15, -0.1) is 11.3 Å². The number of aryl methyl sites for hydroxylation is 3. The van der Waals surface area contributed by atoms with Crippen LogP contribution in [0.4, 0.5) is 0 Å². The number of aromatic nitrogens is 2. The maximum absolute atomic E-state index is 12.5. The topological polar surface area (TPSA) is 57.8 Å². The van der Waals surface area contributed by atoms with Crippen molar-refractivity contribution >= 4 is 21.6 Å². The molecule has 2 aromatic heterocycles. The van der Waals surface area contributed by atoms with Crippen molar-refractivity contribution in [2.75, 3.05) is 0 Å². The summed E-state index contributed by atoms with van der Waals surface area (Å²) in [5.74, 6) is 0.720. The number of thiophene rings is 1. The number of aromatic amines is 1. The van der Waals surface area contributed by atoms with Gasteiger partial charge in [0.05, 0.1) is 11.4 Å². The number of hydrogen-bond donors (Lipinski definition) is 2. The molecule has 0 saturated carbocycles. The molecule has 1 aromatic carbocycles. The normalized spacial score (nSPS) is 18.0. The molecular weight excluding hydrogens is 318 g/mol. The fourth-order valence-electron chi connectivity index (χ4n) is 3.59. The monoisotopic (exact) mass is 339 g/mol. The molecule has 2 N–H and O–H groups in total. The molecule has 1 aliphatic carbocycles. The fourth-order valence-corrected chi connectivity index (χ4v) is 4.62. The summed E-state index contributed by atoms with van der Waals surface area (Å²) in [5.41, 5.74) is 3.80. The summed E-state index contributed by atoms with van der Waals surface area (Å²) in [4.78, 5) is 22.1. The third kappa shape index (κ3) is 2.48. The second-order valence-corrected chi connectivity index (χ2v) is 7.80. The van der Waals surface area contributed by atoms with Crippen LogP contribution in [0.5, 0.6) is 0 Å². The molecule has 1 aliphatic rings. The number of nitrogens with one attached hydrogen (secondary N) is 2. The minimum Gasteiger partial charge on any atom is -0.309 e. The Morgan fingerprint density at radius 2 is 2.12 bits per heavy atom. The van der Waals surface area contributed by atoms with Crippen LogP contribution < -0.4 is 10.9 Å². The van der Waals surface area contributed by atoms with Crippen molar-refractivity contribution in [1.29, 1.82) is 0 Å². The van der Waals surface area contributed by atoms with E-state index in [0.717, 1.165) is 39.3 Å². The van der Waals surface area contributed by atoms with Crippen LogP contribution in [0.15, 0.2) is 29.1 Å². The van der Waals surface area contributed by atoms with Gasteiger partial charge in [-0.05, 0) is 50.3 Å². The van der Waals surface area contributed by atoms with Gasteiger partial charge in [0.15, 0.2) is 0 Å². The average Bonchev–Trinajstić information content (AvgIpc) is 3.09. The van der Waals surface area contributed by atoms with E-state index in [4.69, 9.17) is 4.98 Å². The van der Waals surface area contributed by atoms with Crippen molar-refractivity contribution in [3.8, 4) is 0 Å². The highest BCUT2D eigenvalue weighted by atomic mass is 32.1. The molecule has 0 saturated heterocycles. The van der Waals surface area contributed by atoms with Crippen LogP contribution in [0, 0.1) is 13.8 Å². The summed E-state index contributed by atoms with van der Waals surface area (Å²) in [5, 5.41) is 4.37. The average molecular weight is 339 g/mol. The lowest BCUT2D eigenvalue weighted by atomic mass is 10.1. The van der Waals surface area contributed by atoms with E-state index in [1.54, 1.807) is 11.3 Å². The SMILES string of the molecule is Cc1sc2nc([C@@H](C)N[C@H]3CCc4ccccc43)[nH]c(=O)c2c1C. The largest absolute Gasteiger partial charge is 0.309 e. The van der Waals surface area contributed by atoms with Crippen LogP contribution >= 0.6 is 11.3 Å². The van der Waals surface area contributed by atoms with E-state index in [9.17, 15) is 4.79 Å². The molecule has 2 heterocycles. The van der Waals surface area contributed by atoms with E-state index in [-0.39, 0.29) is 11.6 Å². The molecule has 124 valence electrons. The quantitative estimate of drug-likeness (QED) is 0.760. The first-order valence-electron chi connectivity index (χ1n) is 8.38. The third-order valence-electron chi connectivity index (χ3n) is 5.05.